The fourth-order valence-corrected chi connectivity index (χ4v) is 2.71. The predicted octanol–water partition coefficient (Wildman–Crippen LogP) is 1.80. The van der Waals surface area contributed by atoms with E-state index in [0.29, 0.717) is 6.04 Å². The maximum atomic E-state index is 6.03. The summed E-state index contributed by atoms with van der Waals surface area (Å²) in [6, 6.07) is 10.7. The molecule has 1 aromatic carbocycles. The van der Waals surface area contributed by atoms with Crippen LogP contribution in [0.4, 0.5) is 0 Å². The van der Waals surface area contributed by atoms with Gasteiger partial charge in [0.05, 0.1) is 6.54 Å². The number of imidazole rings is 1. The van der Waals surface area contributed by atoms with Crippen LogP contribution < -0.4 is 5.73 Å². The second-order valence-electron chi connectivity index (χ2n) is 5.19. The fraction of sp³-hybridized carbons (Fsp3) is 0.400. The van der Waals surface area contributed by atoms with E-state index >= 15 is 0 Å². The van der Waals surface area contributed by atoms with Crippen LogP contribution in [0.5, 0.6) is 0 Å². The molecule has 0 radical (unpaired) electrons. The van der Waals surface area contributed by atoms with Gasteiger partial charge >= 0.3 is 0 Å². The zero-order chi connectivity index (χ0) is 13.1. The smallest absolute Gasteiger partial charge is 0.127 e. The van der Waals surface area contributed by atoms with E-state index in [1.165, 1.54) is 6.42 Å². The van der Waals surface area contributed by atoms with Gasteiger partial charge in [-0.25, -0.2) is 4.98 Å². The summed E-state index contributed by atoms with van der Waals surface area (Å²) < 4.78 is 2.15. The highest BCUT2D eigenvalue weighted by Crippen LogP contribution is 2.15. The van der Waals surface area contributed by atoms with E-state index in [9.17, 15) is 0 Å². The van der Waals surface area contributed by atoms with Crippen LogP contribution in [0.25, 0.3) is 5.69 Å². The van der Waals surface area contributed by atoms with Gasteiger partial charge in [0.2, 0.25) is 0 Å². The Morgan fingerprint density at radius 1 is 1.26 bits per heavy atom. The van der Waals surface area contributed by atoms with Crippen LogP contribution in [0.1, 0.15) is 18.7 Å². The first-order chi connectivity index (χ1) is 9.33. The number of para-hydroxylation sites is 1. The van der Waals surface area contributed by atoms with Gasteiger partial charge < -0.3 is 10.3 Å². The van der Waals surface area contributed by atoms with E-state index in [0.717, 1.165) is 37.6 Å². The highest BCUT2D eigenvalue weighted by atomic mass is 15.2. The molecular weight excluding hydrogens is 236 g/mol. The van der Waals surface area contributed by atoms with Gasteiger partial charge in [0.1, 0.15) is 5.82 Å². The first-order valence-corrected chi connectivity index (χ1v) is 6.88. The maximum Gasteiger partial charge on any atom is 0.127 e. The van der Waals surface area contributed by atoms with Gasteiger partial charge in [-0.1, -0.05) is 18.2 Å². The number of hydrogen-bond acceptors (Lipinski definition) is 3. The molecule has 2 N–H and O–H groups in total. The molecule has 0 unspecified atom stereocenters. The van der Waals surface area contributed by atoms with Crippen molar-refractivity contribution in [1.82, 2.24) is 14.5 Å². The van der Waals surface area contributed by atoms with Crippen LogP contribution in [-0.4, -0.2) is 33.6 Å². The second kappa shape index (κ2) is 5.55. The van der Waals surface area contributed by atoms with Crippen LogP contribution in [-0.2, 0) is 6.54 Å². The Balaban J connectivity index is 1.77. The lowest BCUT2D eigenvalue weighted by molar-refractivity contribution is 0.196. The molecule has 0 amide bonds. The van der Waals surface area contributed by atoms with Crippen molar-refractivity contribution in [3.8, 4) is 5.69 Å². The Kier molecular flexibility index (Phi) is 3.62. The van der Waals surface area contributed by atoms with Gasteiger partial charge in [0.25, 0.3) is 0 Å². The Hall–Kier alpha value is -1.65. The maximum absolute atomic E-state index is 6.03. The summed E-state index contributed by atoms with van der Waals surface area (Å²) in [4.78, 5) is 6.89. The summed E-state index contributed by atoms with van der Waals surface area (Å²) in [6.45, 7) is 2.96. The Labute approximate surface area is 113 Å². The van der Waals surface area contributed by atoms with Gasteiger partial charge in [-0.15, -0.1) is 0 Å². The molecule has 2 heterocycles. The third-order valence-corrected chi connectivity index (χ3v) is 3.66. The Morgan fingerprint density at radius 2 is 2.11 bits per heavy atom. The van der Waals surface area contributed by atoms with E-state index in [4.69, 9.17) is 5.73 Å². The van der Waals surface area contributed by atoms with Crippen molar-refractivity contribution in [2.45, 2.75) is 25.4 Å². The zero-order valence-electron chi connectivity index (χ0n) is 11.1. The Morgan fingerprint density at radius 3 is 2.89 bits per heavy atom. The van der Waals surface area contributed by atoms with E-state index in [2.05, 4.69) is 38.7 Å². The number of nitrogens with two attached hydrogens (primary N) is 1. The SMILES string of the molecule is N[C@@H]1CCCN(Cc2nccn2-c2ccccc2)C1. The fourth-order valence-electron chi connectivity index (χ4n) is 2.71. The predicted molar refractivity (Wildman–Crippen MR) is 76.1 cm³/mol. The number of likely N-dealkylation sites (tertiary alicyclic amines) is 1. The average molecular weight is 256 g/mol. The number of benzene rings is 1. The van der Waals surface area contributed by atoms with Crippen LogP contribution in [0.15, 0.2) is 42.7 Å². The average Bonchev–Trinajstić information content (AvgIpc) is 2.88. The molecule has 1 saturated heterocycles. The third-order valence-electron chi connectivity index (χ3n) is 3.66. The van der Waals surface area contributed by atoms with Crippen molar-refractivity contribution >= 4 is 0 Å². The van der Waals surface area contributed by atoms with E-state index in [1.807, 2.05) is 18.5 Å². The van der Waals surface area contributed by atoms with Crippen molar-refractivity contribution in [2.24, 2.45) is 5.73 Å². The molecule has 19 heavy (non-hydrogen) atoms. The van der Waals surface area contributed by atoms with E-state index < -0.39 is 0 Å². The summed E-state index contributed by atoms with van der Waals surface area (Å²) in [5.74, 6) is 1.08. The lowest BCUT2D eigenvalue weighted by Gasteiger charge is -2.30. The van der Waals surface area contributed by atoms with Crippen molar-refractivity contribution in [3.05, 3.63) is 48.5 Å². The van der Waals surface area contributed by atoms with E-state index in [-0.39, 0.29) is 0 Å². The van der Waals surface area contributed by atoms with Crippen LogP contribution >= 0.6 is 0 Å². The molecule has 1 aliphatic rings. The largest absolute Gasteiger partial charge is 0.327 e. The second-order valence-corrected chi connectivity index (χ2v) is 5.19. The molecule has 4 nitrogen and oxygen atoms in total. The number of aromatic nitrogens is 2. The van der Waals surface area contributed by atoms with Crippen LogP contribution in [0, 0.1) is 0 Å². The molecule has 1 atom stereocenters. The highest BCUT2D eigenvalue weighted by molar-refractivity contribution is 5.32. The number of hydrogen-bond donors (Lipinski definition) is 1. The normalized spacial score (nSPS) is 20.6. The molecule has 3 rings (SSSR count). The summed E-state index contributed by atoms with van der Waals surface area (Å²) in [5, 5.41) is 0. The lowest BCUT2D eigenvalue weighted by Crippen LogP contribution is -2.42. The summed E-state index contributed by atoms with van der Waals surface area (Å²) in [5.41, 5.74) is 7.20. The molecule has 2 aromatic rings. The van der Waals surface area contributed by atoms with Crippen molar-refractivity contribution < 1.29 is 0 Å². The van der Waals surface area contributed by atoms with Crippen LogP contribution in [0.2, 0.25) is 0 Å². The zero-order valence-corrected chi connectivity index (χ0v) is 11.1. The first kappa shape index (κ1) is 12.4. The van der Waals surface area contributed by atoms with Crippen LogP contribution in [0.3, 0.4) is 0 Å². The molecule has 0 spiro atoms. The topological polar surface area (TPSA) is 47.1 Å². The number of piperidine rings is 1. The van der Waals surface area contributed by atoms with Gasteiger partial charge in [-0.05, 0) is 31.5 Å². The highest BCUT2D eigenvalue weighted by Gasteiger charge is 2.18. The van der Waals surface area contributed by atoms with Gasteiger partial charge in [-0.2, -0.15) is 0 Å². The standard InChI is InChI=1S/C15H20N4/c16-13-5-4-9-18(11-13)12-15-17-8-10-19(15)14-6-2-1-3-7-14/h1-3,6-8,10,13H,4-5,9,11-12,16H2/t13-/m1/s1. The molecule has 4 heteroatoms. The van der Waals surface area contributed by atoms with Crippen molar-refractivity contribution in [3.63, 3.8) is 0 Å². The summed E-state index contributed by atoms with van der Waals surface area (Å²) in [6.07, 6.45) is 6.22. The van der Waals surface area contributed by atoms with Crippen molar-refractivity contribution in [1.29, 1.82) is 0 Å². The molecule has 1 fully saturated rings. The molecule has 0 bridgehead atoms. The minimum atomic E-state index is 0.314. The number of nitrogens with zero attached hydrogens (tertiary/aromatic N) is 3. The minimum Gasteiger partial charge on any atom is -0.327 e. The van der Waals surface area contributed by atoms with Gasteiger partial charge in [-0.3, -0.25) is 4.90 Å². The van der Waals surface area contributed by atoms with Crippen molar-refractivity contribution in [2.75, 3.05) is 13.1 Å². The summed E-state index contributed by atoms with van der Waals surface area (Å²) in [7, 11) is 0. The van der Waals surface area contributed by atoms with E-state index in [1.54, 1.807) is 0 Å². The molecule has 1 aliphatic heterocycles. The first-order valence-electron chi connectivity index (χ1n) is 6.88. The van der Waals surface area contributed by atoms with Gasteiger partial charge in [0, 0.05) is 30.7 Å². The Bertz CT molecular complexity index is 520. The monoisotopic (exact) mass is 256 g/mol. The quantitative estimate of drug-likeness (QED) is 0.911. The molecular formula is C15H20N4. The minimum absolute atomic E-state index is 0.314. The molecule has 1 aromatic heterocycles. The third kappa shape index (κ3) is 2.85. The summed E-state index contributed by atoms with van der Waals surface area (Å²) >= 11 is 0. The molecule has 0 saturated carbocycles. The van der Waals surface area contributed by atoms with Gasteiger partial charge in [0.15, 0.2) is 0 Å². The number of rotatable bonds is 3. The molecule has 0 aliphatic carbocycles. The molecule has 100 valence electrons. The lowest BCUT2D eigenvalue weighted by atomic mass is 10.1.